The number of nitrogens with one attached hydrogen (secondary N) is 1. The van der Waals surface area contributed by atoms with Crippen LogP contribution in [0.4, 0.5) is 0 Å². The van der Waals surface area contributed by atoms with Crippen molar-refractivity contribution in [1.82, 2.24) is 5.32 Å². The normalized spacial score (nSPS) is 12.1. The van der Waals surface area contributed by atoms with E-state index in [0.29, 0.717) is 24.0 Å². The fourth-order valence-corrected chi connectivity index (χ4v) is 1.38. The molecule has 0 bridgehead atoms. The van der Waals surface area contributed by atoms with Crippen LogP contribution in [0.2, 0.25) is 0 Å². The van der Waals surface area contributed by atoms with Crippen molar-refractivity contribution in [3.8, 4) is 11.5 Å². The first-order chi connectivity index (χ1) is 8.52. The molecule has 0 fully saturated rings. The molecule has 0 saturated heterocycles. The van der Waals surface area contributed by atoms with Gasteiger partial charge in [-0.25, -0.2) is 0 Å². The van der Waals surface area contributed by atoms with Gasteiger partial charge in [-0.1, -0.05) is 19.9 Å². The standard InChI is InChI=1S/C14H21NO3/c1-10(2)9-15-14(16)11(3)18-13-7-5-6-12(8-13)17-4/h5-8,10-11H,9H2,1-4H3,(H,15,16). The van der Waals surface area contributed by atoms with Crippen molar-refractivity contribution in [2.45, 2.75) is 26.9 Å². The Hall–Kier alpha value is -1.71. The van der Waals surface area contributed by atoms with Crippen molar-refractivity contribution in [3.05, 3.63) is 24.3 Å². The number of benzene rings is 1. The van der Waals surface area contributed by atoms with E-state index in [0.717, 1.165) is 0 Å². The Bertz CT molecular complexity index is 390. The van der Waals surface area contributed by atoms with Crippen molar-refractivity contribution in [1.29, 1.82) is 0 Å². The van der Waals surface area contributed by atoms with E-state index in [1.165, 1.54) is 0 Å². The minimum Gasteiger partial charge on any atom is -0.497 e. The molecule has 1 atom stereocenters. The Morgan fingerprint density at radius 3 is 2.56 bits per heavy atom. The van der Waals surface area contributed by atoms with E-state index in [1.54, 1.807) is 26.2 Å². The summed E-state index contributed by atoms with van der Waals surface area (Å²) in [5, 5.41) is 2.84. The van der Waals surface area contributed by atoms with Gasteiger partial charge in [0.2, 0.25) is 0 Å². The van der Waals surface area contributed by atoms with Gasteiger partial charge < -0.3 is 14.8 Å². The summed E-state index contributed by atoms with van der Waals surface area (Å²) in [6.45, 7) is 6.49. The Morgan fingerprint density at radius 1 is 1.28 bits per heavy atom. The monoisotopic (exact) mass is 251 g/mol. The second-order valence-corrected chi connectivity index (χ2v) is 4.58. The van der Waals surface area contributed by atoms with E-state index in [4.69, 9.17) is 9.47 Å². The lowest BCUT2D eigenvalue weighted by atomic mass is 10.2. The van der Waals surface area contributed by atoms with E-state index >= 15 is 0 Å². The van der Waals surface area contributed by atoms with E-state index in [-0.39, 0.29) is 5.91 Å². The van der Waals surface area contributed by atoms with Crippen molar-refractivity contribution < 1.29 is 14.3 Å². The number of ether oxygens (including phenoxy) is 2. The fraction of sp³-hybridized carbons (Fsp3) is 0.500. The van der Waals surface area contributed by atoms with Crippen LogP contribution in [-0.4, -0.2) is 25.7 Å². The molecule has 4 heteroatoms. The van der Waals surface area contributed by atoms with Crippen molar-refractivity contribution in [3.63, 3.8) is 0 Å². The quantitative estimate of drug-likeness (QED) is 0.843. The van der Waals surface area contributed by atoms with Gasteiger partial charge in [0.15, 0.2) is 6.10 Å². The van der Waals surface area contributed by atoms with Crippen LogP contribution in [0.3, 0.4) is 0 Å². The van der Waals surface area contributed by atoms with E-state index in [2.05, 4.69) is 5.32 Å². The van der Waals surface area contributed by atoms with E-state index in [9.17, 15) is 4.79 Å². The minimum absolute atomic E-state index is 0.105. The van der Waals surface area contributed by atoms with E-state index in [1.807, 2.05) is 26.0 Å². The molecular formula is C14H21NO3. The number of hydrogen-bond donors (Lipinski definition) is 1. The molecule has 100 valence electrons. The number of amides is 1. The maximum atomic E-state index is 11.7. The maximum Gasteiger partial charge on any atom is 0.260 e. The van der Waals surface area contributed by atoms with Crippen LogP contribution in [0.15, 0.2) is 24.3 Å². The molecule has 1 rings (SSSR count). The molecule has 0 aliphatic heterocycles. The van der Waals surface area contributed by atoms with Crippen LogP contribution in [0, 0.1) is 5.92 Å². The van der Waals surface area contributed by atoms with Crippen LogP contribution in [0.5, 0.6) is 11.5 Å². The molecule has 0 spiro atoms. The van der Waals surface area contributed by atoms with Crippen LogP contribution >= 0.6 is 0 Å². The summed E-state index contributed by atoms with van der Waals surface area (Å²) >= 11 is 0. The van der Waals surface area contributed by atoms with Gasteiger partial charge in [-0.2, -0.15) is 0 Å². The van der Waals surface area contributed by atoms with Gasteiger partial charge in [-0.3, -0.25) is 4.79 Å². The Kier molecular flexibility index (Phi) is 5.49. The highest BCUT2D eigenvalue weighted by Crippen LogP contribution is 2.19. The molecule has 0 aromatic heterocycles. The van der Waals surface area contributed by atoms with Crippen molar-refractivity contribution in [2.24, 2.45) is 5.92 Å². The van der Waals surface area contributed by atoms with Gasteiger partial charge in [0.1, 0.15) is 11.5 Å². The first-order valence-electron chi connectivity index (χ1n) is 6.11. The number of hydrogen-bond acceptors (Lipinski definition) is 3. The van der Waals surface area contributed by atoms with Crippen LogP contribution in [0.25, 0.3) is 0 Å². The lowest BCUT2D eigenvalue weighted by molar-refractivity contribution is -0.127. The number of methoxy groups -OCH3 is 1. The summed E-state index contributed by atoms with van der Waals surface area (Å²) in [7, 11) is 1.60. The van der Waals surface area contributed by atoms with E-state index < -0.39 is 6.10 Å². The smallest absolute Gasteiger partial charge is 0.260 e. The molecule has 0 aliphatic carbocycles. The van der Waals surface area contributed by atoms with Crippen LogP contribution in [0.1, 0.15) is 20.8 Å². The van der Waals surface area contributed by atoms with Gasteiger partial charge in [-0.05, 0) is 25.0 Å². The van der Waals surface area contributed by atoms with Gasteiger partial charge in [0, 0.05) is 12.6 Å². The average molecular weight is 251 g/mol. The van der Waals surface area contributed by atoms with Gasteiger partial charge in [0.05, 0.1) is 7.11 Å². The summed E-state index contributed by atoms with van der Waals surface area (Å²) in [4.78, 5) is 11.7. The average Bonchev–Trinajstić information content (AvgIpc) is 2.36. The lowest BCUT2D eigenvalue weighted by Crippen LogP contribution is -2.38. The van der Waals surface area contributed by atoms with Crippen molar-refractivity contribution in [2.75, 3.05) is 13.7 Å². The summed E-state index contributed by atoms with van der Waals surface area (Å²) in [6, 6.07) is 7.21. The molecule has 18 heavy (non-hydrogen) atoms. The highest BCUT2D eigenvalue weighted by atomic mass is 16.5. The van der Waals surface area contributed by atoms with Crippen LogP contribution in [-0.2, 0) is 4.79 Å². The molecular weight excluding hydrogens is 230 g/mol. The lowest BCUT2D eigenvalue weighted by Gasteiger charge is -2.16. The van der Waals surface area contributed by atoms with Gasteiger partial charge in [0.25, 0.3) is 5.91 Å². The zero-order valence-electron chi connectivity index (χ0n) is 11.4. The van der Waals surface area contributed by atoms with Gasteiger partial charge in [-0.15, -0.1) is 0 Å². The summed E-state index contributed by atoms with van der Waals surface area (Å²) in [6.07, 6.45) is -0.518. The zero-order chi connectivity index (χ0) is 13.5. The Balaban J connectivity index is 2.52. The molecule has 1 aromatic rings. The first-order valence-corrected chi connectivity index (χ1v) is 6.11. The largest absolute Gasteiger partial charge is 0.497 e. The minimum atomic E-state index is -0.518. The Morgan fingerprint density at radius 2 is 1.94 bits per heavy atom. The molecule has 1 amide bonds. The number of rotatable bonds is 6. The maximum absolute atomic E-state index is 11.7. The molecule has 1 aromatic carbocycles. The van der Waals surface area contributed by atoms with Crippen molar-refractivity contribution >= 4 is 5.91 Å². The predicted octanol–water partition coefficient (Wildman–Crippen LogP) is 2.23. The topological polar surface area (TPSA) is 47.6 Å². The van der Waals surface area contributed by atoms with Gasteiger partial charge >= 0.3 is 0 Å². The molecule has 4 nitrogen and oxygen atoms in total. The molecule has 1 N–H and O–H groups in total. The fourth-order valence-electron chi connectivity index (χ4n) is 1.38. The molecule has 0 saturated carbocycles. The van der Waals surface area contributed by atoms with Crippen LogP contribution < -0.4 is 14.8 Å². The molecule has 0 aliphatic rings. The third-order valence-corrected chi connectivity index (χ3v) is 2.41. The number of carbonyl (C=O) groups is 1. The SMILES string of the molecule is COc1cccc(OC(C)C(=O)NCC(C)C)c1. The second-order valence-electron chi connectivity index (χ2n) is 4.58. The second kappa shape index (κ2) is 6.89. The number of carbonyl (C=O) groups excluding carboxylic acids is 1. The molecule has 0 radical (unpaired) electrons. The Labute approximate surface area is 108 Å². The summed E-state index contributed by atoms with van der Waals surface area (Å²) < 4.78 is 10.7. The first kappa shape index (κ1) is 14.4. The third kappa shape index (κ3) is 4.65. The predicted molar refractivity (Wildman–Crippen MR) is 70.9 cm³/mol. The highest BCUT2D eigenvalue weighted by molar-refractivity contribution is 5.80. The summed E-state index contributed by atoms with van der Waals surface area (Å²) in [5.74, 6) is 1.66. The highest BCUT2D eigenvalue weighted by Gasteiger charge is 2.14. The molecule has 0 heterocycles. The third-order valence-electron chi connectivity index (χ3n) is 2.41. The summed E-state index contributed by atoms with van der Waals surface area (Å²) in [5.41, 5.74) is 0. The molecule has 1 unspecified atom stereocenters. The zero-order valence-corrected chi connectivity index (χ0v) is 11.4.